The number of hydrogen-bond acceptors (Lipinski definition) is 4. The molecular weight excluding hydrogens is 298 g/mol. The monoisotopic (exact) mass is 315 g/mol. The predicted molar refractivity (Wildman–Crippen MR) is 79.2 cm³/mol. The number of sulfonamides is 1. The van der Waals surface area contributed by atoms with Gasteiger partial charge in [-0.25, -0.2) is 8.42 Å². The molecule has 0 saturated carbocycles. The summed E-state index contributed by atoms with van der Waals surface area (Å²) in [5, 5.41) is 0.193. The summed E-state index contributed by atoms with van der Waals surface area (Å²) in [5.41, 5.74) is 6.09. The van der Waals surface area contributed by atoms with Crippen molar-refractivity contribution in [2.24, 2.45) is 0 Å². The van der Waals surface area contributed by atoms with E-state index >= 15 is 0 Å². The van der Waals surface area contributed by atoms with Crippen molar-refractivity contribution in [2.45, 2.75) is 23.8 Å². The van der Waals surface area contributed by atoms with E-state index in [1.54, 1.807) is 10.4 Å². The number of rotatable bonds is 2. The summed E-state index contributed by atoms with van der Waals surface area (Å²) in [6, 6.07) is 4.91. The summed E-state index contributed by atoms with van der Waals surface area (Å²) in [5.74, 6) is 0. The van der Waals surface area contributed by atoms with Gasteiger partial charge in [-0.1, -0.05) is 11.6 Å². The van der Waals surface area contributed by atoms with Crippen LogP contribution < -0.4 is 5.73 Å². The van der Waals surface area contributed by atoms with Gasteiger partial charge in [0.15, 0.2) is 0 Å². The van der Waals surface area contributed by atoms with Gasteiger partial charge in [-0.2, -0.15) is 4.31 Å². The Balaban J connectivity index is 1.88. The first-order valence-electron chi connectivity index (χ1n) is 6.78. The minimum absolute atomic E-state index is 0.153. The van der Waals surface area contributed by atoms with Crippen LogP contribution in [0.1, 0.15) is 12.8 Å². The Kier molecular flexibility index (Phi) is 3.66. The third-order valence-electron chi connectivity index (χ3n) is 4.12. The highest BCUT2D eigenvalue weighted by Crippen LogP contribution is 2.30. The molecule has 1 aromatic carbocycles. The fourth-order valence-electron chi connectivity index (χ4n) is 3.05. The van der Waals surface area contributed by atoms with Crippen molar-refractivity contribution in [1.82, 2.24) is 9.21 Å². The van der Waals surface area contributed by atoms with E-state index in [0.717, 1.165) is 25.9 Å². The van der Waals surface area contributed by atoms with Gasteiger partial charge >= 0.3 is 0 Å². The fraction of sp³-hybridized carbons (Fsp3) is 0.538. The molecule has 2 fully saturated rings. The van der Waals surface area contributed by atoms with E-state index < -0.39 is 10.0 Å². The molecule has 0 aliphatic carbocycles. The Bertz CT molecular complexity index is 620. The van der Waals surface area contributed by atoms with E-state index in [-0.39, 0.29) is 9.92 Å². The van der Waals surface area contributed by atoms with Crippen LogP contribution in [-0.2, 0) is 10.0 Å². The third-order valence-corrected chi connectivity index (χ3v) is 6.47. The molecule has 0 bridgehead atoms. The second-order valence-corrected chi connectivity index (χ2v) is 7.70. The summed E-state index contributed by atoms with van der Waals surface area (Å²) < 4.78 is 26.9. The molecule has 0 amide bonds. The largest absolute Gasteiger partial charge is 0.399 e. The fourth-order valence-corrected chi connectivity index (χ4v) is 5.04. The summed E-state index contributed by atoms with van der Waals surface area (Å²) in [6.45, 7) is 2.97. The molecule has 20 heavy (non-hydrogen) atoms. The van der Waals surface area contributed by atoms with Gasteiger partial charge in [-0.05, 0) is 37.6 Å². The van der Waals surface area contributed by atoms with Crippen LogP contribution in [-0.4, -0.2) is 49.8 Å². The molecule has 2 N–H and O–H groups in total. The van der Waals surface area contributed by atoms with Crippen LogP contribution in [0.25, 0.3) is 0 Å². The number of anilines is 1. The van der Waals surface area contributed by atoms with E-state index in [4.69, 9.17) is 17.3 Å². The normalized spacial score (nSPS) is 24.8. The van der Waals surface area contributed by atoms with Crippen LogP contribution in [0.5, 0.6) is 0 Å². The lowest BCUT2D eigenvalue weighted by Gasteiger charge is -2.36. The van der Waals surface area contributed by atoms with Crippen LogP contribution >= 0.6 is 11.6 Å². The molecule has 7 heteroatoms. The lowest BCUT2D eigenvalue weighted by atomic mass is 10.2. The average molecular weight is 316 g/mol. The first-order chi connectivity index (χ1) is 9.48. The van der Waals surface area contributed by atoms with Gasteiger partial charge in [0.2, 0.25) is 10.0 Å². The maximum atomic E-state index is 12.7. The van der Waals surface area contributed by atoms with Crippen molar-refractivity contribution in [2.75, 3.05) is 31.9 Å². The summed E-state index contributed by atoms with van der Waals surface area (Å²) in [4.78, 5) is 2.52. The quantitative estimate of drug-likeness (QED) is 0.838. The van der Waals surface area contributed by atoms with Crippen molar-refractivity contribution >= 4 is 27.3 Å². The lowest BCUT2D eigenvalue weighted by Crippen LogP contribution is -2.51. The van der Waals surface area contributed by atoms with Gasteiger partial charge in [0.25, 0.3) is 0 Å². The number of nitrogen functional groups attached to an aromatic ring is 1. The molecule has 2 aliphatic rings. The van der Waals surface area contributed by atoms with Crippen molar-refractivity contribution in [3.63, 3.8) is 0 Å². The molecule has 2 heterocycles. The molecule has 1 aromatic rings. The zero-order valence-corrected chi connectivity index (χ0v) is 12.7. The number of benzene rings is 1. The first kappa shape index (κ1) is 14.1. The number of halogens is 1. The Hall–Kier alpha value is -0.820. The standard InChI is InChI=1S/C13H18ClN3O2S/c14-12-8-10(15)3-4-13(12)20(18,19)17-7-6-16-5-1-2-11(16)9-17/h3-4,8,11H,1-2,5-7,9,15H2. The zero-order valence-electron chi connectivity index (χ0n) is 11.1. The Morgan fingerprint density at radius 1 is 1.25 bits per heavy atom. The van der Waals surface area contributed by atoms with Gasteiger partial charge < -0.3 is 5.73 Å². The van der Waals surface area contributed by atoms with Crippen LogP contribution in [0.2, 0.25) is 5.02 Å². The highest BCUT2D eigenvalue weighted by molar-refractivity contribution is 7.89. The molecule has 3 rings (SSSR count). The number of hydrogen-bond donors (Lipinski definition) is 1. The second kappa shape index (κ2) is 5.18. The minimum Gasteiger partial charge on any atom is -0.399 e. The average Bonchev–Trinajstić information content (AvgIpc) is 2.85. The lowest BCUT2D eigenvalue weighted by molar-refractivity contribution is 0.158. The molecule has 0 radical (unpaired) electrons. The van der Waals surface area contributed by atoms with Gasteiger partial charge in [-0.3, -0.25) is 4.90 Å². The van der Waals surface area contributed by atoms with Crippen molar-refractivity contribution < 1.29 is 8.42 Å². The van der Waals surface area contributed by atoms with Crippen LogP contribution in [0, 0.1) is 0 Å². The van der Waals surface area contributed by atoms with Crippen molar-refractivity contribution in [3.05, 3.63) is 23.2 Å². The summed E-state index contributed by atoms with van der Waals surface area (Å²) in [6.07, 6.45) is 2.22. The zero-order chi connectivity index (χ0) is 14.3. The van der Waals surface area contributed by atoms with E-state index in [1.165, 1.54) is 12.1 Å². The molecular formula is C13H18ClN3O2S. The molecule has 1 unspecified atom stereocenters. The van der Waals surface area contributed by atoms with Crippen LogP contribution in [0.15, 0.2) is 23.1 Å². The number of nitrogens with two attached hydrogens (primary N) is 1. The molecule has 2 saturated heterocycles. The van der Waals surface area contributed by atoms with Crippen LogP contribution in [0.4, 0.5) is 5.69 Å². The molecule has 0 aromatic heterocycles. The van der Waals surface area contributed by atoms with E-state index in [9.17, 15) is 8.42 Å². The molecule has 110 valence electrons. The maximum Gasteiger partial charge on any atom is 0.244 e. The highest BCUT2D eigenvalue weighted by Gasteiger charge is 2.36. The minimum atomic E-state index is -3.53. The third kappa shape index (κ3) is 2.41. The second-order valence-electron chi connectivity index (χ2n) is 5.38. The molecule has 5 nitrogen and oxygen atoms in total. The molecule has 0 spiro atoms. The summed E-state index contributed by atoms with van der Waals surface area (Å²) >= 11 is 6.05. The molecule has 1 atom stereocenters. The number of nitrogens with zero attached hydrogens (tertiary/aromatic N) is 2. The van der Waals surface area contributed by atoms with E-state index in [2.05, 4.69) is 4.90 Å². The van der Waals surface area contributed by atoms with Gasteiger partial charge in [0.05, 0.1) is 5.02 Å². The Morgan fingerprint density at radius 3 is 2.80 bits per heavy atom. The smallest absolute Gasteiger partial charge is 0.244 e. The van der Waals surface area contributed by atoms with Gasteiger partial charge in [-0.15, -0.1) is 0 Å². The van der Waals surface area contributed by atoms with Gasteiger partial charge in [0, 0.05) is 31.4 Å². The maximum absolute atomic E-state index is 12.7. The SMILES string of the molecule is Nc1ccc(S(=O)(=O)N2CCN3CCCC3C2)c(Cl)c1. The number of fused-ring (bicyclic) bond motifs is 1. The van der Waals surface area contributed by atoms with E-state index in [1.807, 2.05) is 0 Å². The Labute approximate surface area is 124 Å². The molecule has 2 aliphatic heterocycles. The van der Waals surface area contributed by atoms with Crippen molar-refractivity contribution in [3.8, 4) is 0 Å². The topological polar surface area (TPSA) is 66.6 Å². The number of piperazine rings is 1. The predicted octanol–water partition coefficient (Wildman–Crippen LogP) is 1.39. The highest BCUT2D eigenvalue weighted by atomic mass is 35.5. The van der Waals surface area contributed by atoms with Gasteiger partial charge in [0.1, 0.15) is 4.90 Å². The first-order valence-corrected chi connectivity index (χ1v) is 8.59. The van der Waals surface area contributed by atoms with Crippen LogP contribution in [0.3, 0.4) is 0 Å². The summed E-state index contributed by atoms with van der Waals surface area (Å²) in [7, 11) is -3.53. The van der Waals surface area contributed by atoms with Crippen molar-refractivity contribution in [1.29, 1.82) is 0 Å². The van der Waals surface area contributed by atoms with E-state index in [0.29, 0.717) is 24.8 Å². The Morgan fingerprint density at radius 2 is 2.05 bits per heavy atom.